The summed E-state index contributed by atoms with van der Waals surface area (Å²) in [6.07, 6.45) is 3.61. The molecule has 100 valence electrons. The fourth-order valence-corrected chi connectivity index (χ4v) is 1.75. The molecule has 0 saturated carbocycles. The number of rotatable bonds is 5. The van der Waals surface area contributed by atoms with Gasteiger partial charge in [0, 0.05) is 26.0 Å². The summed E-state index contributed by atoms with van der Waals surface area (Å²) in [5, 5.41) is 0. The molecule has 0 atom stereocenters. The van der Waals surface area contributed by atoms with Crippen LogP contribution in [-0.4, -0.2) is 23.6 Å². The van der Waals surface area contributed by atoms with Gasteiger partial charge in [0.2, 0.25) is 5.88 Å². The number of nitrogens with zero attached hydrogens (tertiary/aromatic N) is 3. The largest absolute Gasteiger partial charge is 0.476 e. The molecule has 0 radical (unpaired) electrons. The van der Waals surface area contributed by atoms with E-state index in [9.17, 15) is 0 Å². The maximum absolute atomic E-state index is 5.81. The van der Waals surface area contributed by atoms with Crippen molar-refractivity contribution in [1.82, 2.24) is 9.97 Å². The van der Waals surface area contributed by atoms with Crippen LogP contribution in [0.4, 0.5) is 11.5 Å². The number of nitrogen functional groups attached to an aromatic ring is 1. The average molecular weight is 258 g/mol. The zero-order valence-electron chi connectivity index (χ0n) is 11.2. The minimum absolute atomic E-state index is 0.484. The first-order valence-electron chi connectivity index (χ1n) is 6.20. The predicted molar refractivity (Wildman–Crippen MR) is 76.2 cm³/mol. The first-order valence-corrected chi connectivity index (χ1v) is 6.20. The Labute approximate surface area is 113 Å². The van der Waals surface area contributed by atoms with Crippen LogP contribution >= 0.6 is 0 Å². The summed E-state index contributed by atoms with van der Waals surface area (Å²) in [6, 6.07) is 7.65. The molecule has 0 aliphatic rings. The Kier molecular flexibility index (Phi) is 4.18. The van der Waals surface area contributed by atoms with Gasteiger partial charge in [0.05, 0.1) is 12.3 Å². The van der Waals surface area contributed by atoms with Crippen molar-refractivity contribution in [2.75, 3.05) is 24.3 Å². The molecule has 0 saturated heterocycles. The van der Waals surface area contributed by atoms with Gasteiger partial charge in [0.1, 0.15) is 5.82 Å². The lowest BCUT2D eigenvalue weighted by atomic mass is 10.2. The fraction of sp³-hybridized carbons (Fsp3) is 0.286. The van der Waals surface area contributed by atoms with Crippen LogP contribution < -0.4 is 15.4 Å². The number of pyridine rings is 2. The lowest BCUT2D eigenvalue weighted by molar-refractivity contribution is 0.329. The van der Waals surface area contributed by atoms with E-state index < -0.39 is 0 Å². The van der Waals surface area contributed by atoms with Crippen LogP contribution in [0.1, 0.15) is 12.5 Å². The summed E-state index contributed by atoms with van der Waals surface area (Å²) in [5.41, 5.74) is 7.49. The third kappa shape index (κ3) is 3.34. The van der Waals surface area contributed by atoms with Gasteiger partial charge in [0.15, 0.2) is 0 Å². The van der Waals surface area contributed by atoms with Gasteiger partial charge in [-0.1, -0.05) is 6.07 Å². The van der Waals surface area contributed by atoms with E-state index in [1.165, 1.54) is 0 Å². The molecular weight excluding hydrogens is 240 g/mol. The molecule has 0 fully saturated rings. The minimum atomic E-state index is 0.484. The molecule has 0 bridgehead atoms. The molecule has 2 aromatic heterocycles. The Bertz CT molecular complexity index is 530. The second-order valence-corrected chi connectivity index (χ2v) is 4.21. The highest BCUT2D eigenvalue weighted by Gasteiger charge is 2.08. The van der Waals surface area contributed by atoms with E-state index in [1.807, 2.05) is 49.3 Å². The van der Waals surface area contributed by atoms with Crippen molar-refractivity contribution < 1.29 is 4.74 Å². The van der Waals surface area contributed by atoms with Gasteiger partial charge >= 0.3 is 0 Å². The van der Waals surface area contributed by atoms with E-state index in [1.54, 1.807) is 6.20 Å². The molecule has 2 rings (SSSR count). The normalized spacial score (nSPS) is 10.2. The van der Waals surface area contributed by atoms with E-state index in [0.717, 1.165) is 17.9 Å². The topological polar surface area (TPSA) is 64.3 Å². The number of hydrogen-bond donors (Lipinski definition) is 1. The van der Waals surface area contributed by atoms with Gasteiger partial charge in [-0.2, -0.15) is 4.98 Å². The molecule has 5 heteroatoms. The summed E-state index contributed by atoms with van der Waals surface area (Å²) in [5.74, 6) is 1.31. The zero-order chi connectivity index (χ0) is 13.7. The quantitative estimate of drug-likeness (QED) is 0.889. The van der Waals surface area contributed by atoms with E-state index >= 15 is 0 Å². The van der Waals surface area contributed by atoms with Crippen LogP contribution in [0.15, 0.2) is 36.7 Å². The number of ether oxygens (including phenoxy) is 1. The standard InChI is InChI=1S/C14H18N4O/c1-3-19-14-12(15)6-7-13(17-14)18(2)10-11-5-4-8-16-9-11/h4-9H,3,10,15H2,1-2H3. The van der Waals surface area contributed by atoms with Gasteiger partial charge in [-0.05, 0) is 30.7 Å². The molecule has 0 aliphatic carbocycles. The van der Waals surface area contributed by atoms with Crippen LogP contribution in [0.25, 0.3) is 0 Å². The zero-order valence-corrected chi connectivity index (χ0v) is 11.2. The van der Waals surface area contributed by atoms with E-state index in [-0.39, 0.29) is 0 Å². The van der Waals surface area contributed by atoms with Crippen LogP contribution in [0.2, 0.25) is 0 Å². The van der Waals surface area contributed by atoms with Crippen molar-refractivity contribution in [3.63, 3.8) is 0 Å². The monoisotopic (exact) mass is 258 g/mol. The Morgan fingerprint density at radius 1 is 1.32 bits per heavy atom. The third-order valence-electron chi connectivity index (χ3n) is 2.69. The van der Waals surface area contributed by atoms with Crippen molar-refractivity contribution in [3.8, 4) is 5.88 Å². The maximum atomic E-state index is 5.81. The highest BCUT2D eigenvalue weighted by atomic mass is 16.5. The molecule has 0 aromatic carbocycles. The number of nitrogens with two attached hydrogens (primary N) is 1. The Morgan fingerprint density at radius 3 is 2.84 bits per heavy atom. The Morgan fingerprint density at radius 2 is 2.16 bits per heavy atom. The summed E-state index contributed by atoms with van der Waals surface area (Å²) in [4.78, 5) is 10.5. The van der Waals surface area contributed by atoms with Crippen molar-refractivity contribution in [2.24, 2.45) is 0 Å². The SMILES string of the molecule is CCOc1nc(N(C)Cc2cccnc2)ccc1N. The maximum Gasteiger partial charge on any atom is 0.239 e. The third-order valence-corrected chi connectivity index (χ3v) is 2.69. The van der Waals surface area contributed by atoms with Gasteiger partial charge in [-0.15, -0.1) is 0 Å². The molecule has 19 heavy (non-hydrogen) atoms. The van der Waals surface area contributed by atoms with Crippen LogP contribution in [-0.2, 0) is 6.54 Å². The highest BCUT2D eigenvalue weighted by Crippen LogP contribution is 2.23. The molecule has 0 spiro atoms. The Hall–Kier alpha value is -2.30. The molecule has 0 unspecified atom stereocenters. The van der Waals surface area contributed by atoms with Crippen LogP contribution in [0, 0.1) is 0 Å². The summed E-state index contributed by atoms with van der Waals surface area (Å²) < 4.78 is 5.40. The average Bonchev–Trinajstić information content (AvgIpc) is 2.42. The summed E-state index contributed by atoms with van der Waals surface area (Å²) >= 11 is 0. The molecule has 2 aromatic rings. The highest BCUT2D eigenvalue weighted by molar-refractivity contribution is 5.54. The number of hydrogen-bond acceptors (Lipinski definition) is 5. The van der Waals surface area contributed by atoms with Gasteiger partial charge in [-0.25, -0.2) is 0 Å². The molecule has 0 aliphatic heterocycles. The predicted octanol–water partition coefficient (Wildman–Crippen LogP) is 2.09. The van der Waals surface area contributed by atoms with Crippen molar-refractivity contribution in [3.05, 3.63) is 42.2 Å². The number of aromatic nitrogens is 2. The summed E-state index contributed by atoms with van der Waals surface area (Å²) in [7, 11) is 1.97. The van der Waals surface area contributed by atoms with Crippen LogP contribution in [0.3, 0.4) is 0 Å². The van der Waals surface area contributed by atoms with Crippen molar-refractivity contribution >= 4 is 11.5 Å². The molecule has 2 heterocycles. The Balaban J connectivity index is 2.15. The molecular formula is C14H18N4O. The summed E-state index contributed by atoms with van der Waals surface area (Å²) in [6.45, 7) is 3.19. The van der Waals surface area contributed by atoms with Gasteiger partial charge < -0.3 is 15.4 Å². The van der Waals surface area contributed by atoms with Gasteiger partial charge in [0.25, 0.3) is 0 Å². The lowest BCUT2D eigenvalue weighted by Gasteiger charge is -2.19. The molecule has 0 amide bonds. The van der Waals surface area contributed by atoms with Crippen molar-refractivity contribution in [2.45, 2.75) is 13.5 Å². The first kappa shape index (κ1) is 13.1. The van der Waals surface area contributed by atoms with Crippen LogP contribution in [0.5, 0.6) is 5.88 Å². The first-order chi connectivity index (χ1) is 9.20. The molecule has 5 nitrogen and oxygen atoms in total. The van der Waals surface area contributed by atoms with E-state index in [2.05, 4.69) is 9.97 Å². The van der Waals surface area contributed by atoms with E-state index in [4.69, 9.17) is 10.5 Å². The fourth-order valence-electron chi connectivity index (χ4n) is 1.75. The second-order valence-electron chi connectivity index (χ2n) is 4.21. The van der Waals surface area contributed by atoms with Gasteiger partial charge in [-0.3, -0.25) is 4.98 Å². The lowest BCUT2D eigenvalue weighted by Crippen LogP contribution is -2.18. The van der Waals surface area contributed by atoms with E-state index in [0.29, 0.717) is 18.2 Å². The molecule has 2 N–H and O–H groups in total. The minimum Gasteiger partial charge on any atom is -0.476 e. The second kappa shape index (κ2) is 6.04. The number of anilines is 2. The smallest absolute Gasteiger partial charge is 0.239 e. The van der Waals surface area contributed by atoms with Crippen molar-refractivity contribution in [1.29, 1.82) is 0 Å².